The molecule has 1 fully saturated rings. The van der Waals surface area contributed by atoms with Gasteiger partial charge in [-0.25, -0.2) is 8.42 Å². The Bertz CT molecular complexity index is 1010. The largest absolute Gasteiger partial charge is 0.373 e. The van der Waals surface area contributed by atoms with Crippen LogP contribution in [0.4, 0.5) is 5.69 Å². The fourth-order valence-electron chi connectivity index (χ4n) is 3.94. The smallest absolute Gasteiger partial charge is 0.258 e. The summed E-state index contributed by atoms with van der Waals surface area (Å²) in [6, 6.07) is 14.2. The number of nitrogens with zero attached hydrogens (tertiary/aromatic N) is 2. The van der Waals surface area contributed by atoms with E-state index in [1.165, 1.54) is 16.4 Å². The molecular formula is C22H26N2O4S2. The molecule has 6 nitrogen and oxygen atoms in total. The molecule has 2 aromatic carbocycles. The average molecular weight is 447 g/mol. The number of ether oxygens (including phenoxy) is 1. The first kappa shape index (κ1) is 21.4. The number of morpholine rings is 1. The lowest BCUT2D eigenvalue weighted by Gasteiger charge is -2.34. The van der Waals surface area contributed by atoms with Crippen LogP contribution in [-0.4, -0.2) is 56.2 Å². The molecule has 30 heavy (non-hydrogen) atoms. The van der Waals surface area contributed by atoms with E-state index in [9.17, 15) is 13.2 Å². The van der Waals surface area contributed by atoms with Gasteiger partial charge in [0.2, 0.25) is 10.0 Å². The standard InChI is InChI=1S/C22H26N2O4S2/c1-16-14-23(15-17(2)28-16)30(26,27)19-10-8-18(9-11-19)22(25)24-12-5-13-29-21-7-4-3-6-20(21)24/h3-4,6-11,16-17H,5,12-15H2,1-2H3. The summed E-state index contributed by atoms with van der Waals surface area (Å²) in [5, 5.41) is 0. The van der Waals surface area contributed by atoms with Crippen molar-refractivity contribution in [2.24, 2.45) is 0 Å². The minimum Gasteiger partial charge on any atom is -0.373 e. The van der Waals surface area contributed by atoms with Gasteiger partial charge in [-0.05, 0) is 62.4 Å². The van der Waals surface area contributed by atoms with Gasteiger partial charge in [0.25, 0.3) is 5.91 Å². The highest BCUT2D eigenvalue weighted by atomic mass is 32.2. The van der Waals surface area contributed by atoms with Gasteiger partial charge in [0.15, 0.2) is 0 Å². The Balaban J connectivity index is 1.57. The summed E-state index contributed by atoms with van der Waals surface area (Å²) in [7, 11) is -3.62. The highest BCUT2D eigenvalue weighted by Gasteiger charge is 2.32. The van der Waals surface area contributed by atoms with Crippen LogP contribution in [0.2, 0.25) is 0 Å². The first-order chi connectivity index (χ1) is 14.4. The van der Waals surface area contributed by atoms with E-state index in [-0.39, 0.29) is 23.0 Å². The molecular weight excluding hydrogens is 420 g/mol. The molecule has 0 spiro atoms. The summed E-state index contributed by atoms with van der Waals surface area (Å²) >= 11 is 1.76. The number of carbonyl (C=O) groups excluding carboxylic acids is 1. The lowest BCUT2D eigenvalue weighted by Crippen LogP contribution is -2.48. The molecule has 1 amide bonds. The lowest BCUT2D eigenvalue weighted by molar-refractivity contribution is -0.0440. The molecule has 0 saturated carbocycles. The van der Waals surface area contributed by atoms with E-state index in [1.807, 2.05) is 38.1 Å². The molecule has 2 aliphatic rings. The van der Waals surface area contributed by atoms with Crippen molar-refractivity contribution in [3.63, 3.8) is 0 Å². The second-order valence-corrected chi connectivity index (χ2v) is 10.8. The Morgan fingerprint density at radius 3 is 2.40 bits per heavy atom. The molecule has 0 N–H and O–H groups in total. The van der Waals surface area contributed by atoms with Crippen LogP contribution in [0, 0.1) is 0 Å². The van der Waals surface area contributed by atoms with Crippen LogP contribution in [0.3, 0.4) is 0 Å². The third kappa shape index (κ3) is 4.27. The number of carbonyl (C=O) groups is 1. The van der Waals surface area contributed by atoms with Crippen LogP contribution in [0.15, 0.2) is 58.3 Å². The topological polar surface area (TPSA) is 66.9 Å². The molecule has 0 bridgehead atoms. The number of hydrogen-bond acceptors (Lipinski definition) is 5. The Kier molecular flexibility index (Phi) is 6.20. The maximum absolute atomic E-state index is 13.2. The van der Waals surface area contributed by atoms with E-state index in [2.05, 4.69) is 0 Å². The maximum Gasteiger partial charge on any atom is 0.258 e. The van der Waals surface area contributed by atoms with Gasteiger partial charge in [0.1, 0.15) is 0 Å². The zero-order chi connectivity index (χ0) is 21.3. The zero-order valence-corrected chi connectivity index (χ0v) is 18.8. The Morgan fingerprint density at radius 1 is 1.03 bits per heavy atom. The van der Waals surface area contributed by atoms with Crippen molar-refractivity contribution in [2.45, 2.75) is 42.3 Å². The van der Waals surface area contributed by atoms with Crippen LogP contribution in [0.25, 0.3) is 0 Å². The van der Waals surface area contributed by atoms with Crippen molar-refractivity contribution >= 4 is 33.4 Å². The minimum atomic E-state index is -3.62. The van der Waals surface area contributed by atoms with Crippen LogP contribution in [-0.2, 0) is 14.8 Å². The summed E-state index contributed by atoms with van der Waals surface area (Å²) in [5.74, 6) is 0.858. The summed E-state index contributed by atoms with van der Waals surface area (Å²) in [6.45, 7) is 5.05. The molecule has 160 valence electrons. The number of hydrogen-bond donors (Lipinski definition) is 0. The van der Waals surface area contributed by atoms with Gasteiger partial charge in [-0.2, -0.15) is 4.31 Å². The third-order valence-corrected chi connectivity index (χ3v) is 8.30. The second-order valence-electron chi connectivity index (χ2n) is 7.73. The van der Waals surface area contributed by atoms with Crippen LogP contribution in [0.1, 0.15) is 30.6 Å². The number of rotatable bonds is 3. The molecule has 0 aliphatic carbocycles. The van der Waals surface area contributed by atoms with Gasteiger partial charge in [-0.3, -0.25) is 4.79 Å². The quantitative estimate of drug-likeness (QED) is 0.720. The van der Waals surface area contributed by atoms with Crippen molar-refractivity contribution in [2.75, 3.05) is 30.3 Å². The van der Waals surface area contributed by atoms with E-state index >= 15 is 0 Å². The lowest BCUT2D eigenvalue weighted by atomic mass is 10.1. The van der Waals surface area contributed by atoms with Crippen LogP contribution in [0.5, 0.6) is 0 Å². The molecule has 2 atom stereocenters. The Hall–Kier alpha value is -1.87. The number of thioether (sulfide) groups is 1. The predicted octanol–water partition coefficient (Wildman–Crippen LogP) is 3.63. The summed E-state index contributed by atoms with van der Waals surface area (Å²) in [6.07, 6.45) is 0.612. The first-order valence-electron chi connectivity index (χ1n) is 10.2. The number of sulfonamides is 1. The van der Waals surface area contributed by atoms with E-state index < -0.39 is 10.0 Å². The third-order valence-electron chi connectivity index (χ3n) is 5.31. The molecule has 2 heterocycles. The highest BCUT2D eigenvalue weighted by Crippen LogP contribution is 2.34. The molecule has 0 aromatic heterocycles. The summed E-state index contributed by atoms with van der Waals surface area (Å²) in [5.41, 5.74) is 1.40. The van der Waals surface area contributed by atoms with Crippen molar-refractivity contribution < 1.29 is 17.9 Å². The van der Waals surface area contributed by atoms with Gasteiger partial charge in [0, 0.05) is 30.1 Å². The molecule has 0 radical (unpaired) electrons. The van der Waals surface area contributed by atoms with Crippen molar-refractivity contribution in [3.05, 3.63) is 54.1 Å². The summed E-state index contributed by atoms with van der Waals surface area (Å²) < 4.78 is 33.2. The average Bonchev–Trinajstić information content (AvgIpc) is 2.95. The monoisotopic (exact) mass is 446 g/mol. The Labute approximate surface area is 182 Å². The Morgan fingerprint density at radius 2 is 1.70 bits per heavy atom. The first-order valence-corrected chi connectivity index (χ1v) is 12.6. The maximum atomic E-state index is 13.2. The molecule has 2 unspecified atom stereocenters. The van der Waals surface area contributed by atoms with E-state index in [0.717, 1.165) is 22.8 Å². The van der Waals surface area contributed by atoms with Gasteiger partial charge >= 0.3 is 0 Å². The number of fused-ring (bicyclic) bond motifs is 1. The minimum absolute atomic E-state index is 0.109. The number of para-hydroxylation sites is 1. The van der Waals surface area contributed by atoms with Crippen molar-refractivity contribution in [1.82, 2.24) is 4.31 Å². The fraction of sp³-hybridized carbons (Fsp3) is 0.409. The van der Waals surface area contributed by atoms with Gasteiger partial charge in [0.05, 0.1) is 22.8 Å². The number of amides is 1. The van der Waals surface area contributed by atoms with Crippen molar-refractivity contribution in [1.29, 1.82) is 0 Å². The zero-order valence-electron chi connectivity index (χ0n) is 17.2. The summed E-state index contributed by atoms with van der Waals surface area (Å²) in [4.78, 5) is 16.3. The molecule has 1 saturated heterocycles. The SMILES string of the molecule is CC1CN(S(=O)(=O)c2ccc(C(=O)N3CCCSc4ccccc43)cc2)CC(C)O1. The van der Waals surface area contributed by atoms with Gasteiger partial charge < -0.3 is 9.64 Å². The normalized spacial score (nSPS) is 22.9. The number of benzene rings is 2. The molecule has 4 rings (SSSR count). The molecule has 8 heteroatoms. The van der Waals surface area contributed by atoms with Crippen LogP contribution >= 0.6 is 11.8 Å². The molecule has 2 aliphatic heterocycles. The van der Waals surface area contributed by atoms with E-state index in [0.29, 0.717) is 25.2 Å². The number of anilines is 1. The van der Waals surface area contributed by atoms with Gasteiger partial charge in [-0.15, -0.1) is 11.8 Å². The van der Waals surface area contributed by atoms with E-state index in [4.69, 9.17) is 4.74 Å². The predicted molar refractivity (Wildman–Crippen MR) is 119 cm³/mol. The molecule has 2 aromatic rings. The van der Waals surface area contributed by atoms with E-state index in [1.54, 1.807) is 28.8 Å². The fourth-order valence-corrected chi connectivity index (χ4v) is 6.52. The van der Waals surface area contributed by atoms with Gasteiger partial charge in [-0.1, -0.05) is 12.1 Å². The second kappa shape index (κ2) is 8.70. The van der Waals surface area contributed by atoms with Crippen molar-refractivity contribution in [3.8, 4) is 0 Å². The highest BCUT2D eigenvalue weighted by molar-refractivity contribution is 7.99. The van der Waals surface area contributed by atoms with Crippen LogP contribution < -0.4 is 4.90 Å².